The molecule has 2 aliphatic rings. The largest absolute Gasteiger partial charge is 0.508 e. The van der Waals surface area contributed by atoms with Crippen LogP contribution >= 0.6 is 0 Å². The molecule has 102 valence electrons. The lowest BCUT2D eigenvalue weighted by Gasteiger charge is -2.53. The quantitative estimate of drug-likeness (QED) is 0.762. The number of rotatable bonds is 0. The van der Waals surface area contributed by atoms with Crippen molar-refractivity contribution < 1.29 is 9.90 Å². The van der Waals surface area contributed by atoms with Crippen molar-refractivity contribution in [3.8, 4) is 5.75 Å². The predicted octanol–water partition coefficient (Wildman–Crippen LogP) is 4.06. The zero-order valence-electron chi connectivity index (χ0n) is 12.0. The smallest absolute Gasteiger partial charge is 0.163 e. The Hall–Kier alpha value is -1.31. The molecule has 2 nitrogen and oxygen atoms in total. The van der Waals surface area contributed by atoms with Crippen molar-refractivity contribution in [3.05, 3.63) is 29.3 Å². The van der Waals surface area contributed by atoms with Gasteiger partial charge in [0, 0.05) is 12.0 Å². The number of phenols is 1. The average Bonchev–Trinajstić information content (AvgIpc) is 2.32. The third kappa shape index (κ3) is 1.73. The third-order valence-corrected chi connectivity index (χ3v) is 5.54. The fourth-order valence-corrected chi connectivity index (χ4v) is 4.49. The maximum atomic E-state index is 12.4. The molecule has 1 fully saturated rings. The molecule has 0 aliphatic heterocycles. The van der Waals surface area contributed by atoms with Crippen LogP contribution in [0.1, 0.15) is 62.4 Å². The lowest BCUT2D eigenvalue weighted by atomic mass is 9.50. The van der Waals surface area contributed by atoms with E-state index in [1.54, 1.807) is 12.1 Å². The highest BCUT2D eigenvalue weighted by molar-refractivity contribution is 5.99. The second-order valence-electron chi connectivity index (χ2n) is 7.17. The maximum Gasteiger partial charge on any atom is 0.163 e. The molecular formula is C17H22O2. The molecule has 0 unspecified atom stereocenters. The van der Waals surface area contributed by atoms with E-state index in [-0.39, 0.29) is 22.4 Å². The highest BCUT2D eigenvalue weighted by atomic mass is 16.3. The van der Waals surface area contributed by atoms with E-state index < -0.39 is 0 Å². The Morgan fingerprint density at radius 3 is 2.68 bits per heavy atom. The molecule has 2 heteroatoms. The van der Waals surface area contributed by atoms with Crippen molar-refractivity contribution in [2.75, 3.05) is 0 Å². The molecule has 1 saturated carbocycles. The topological polar surface area (TPSA) is 37.3 Å². The molecule has 1 N–H and O–H groups in total. The third-order valence-electron chi connectivity index (χ3n) is 5.54. The SMILES string of the molecule is CC1(C)CCC[C@@]2(C)c3cc(O)ccc3C(=O)C[C@H]12. The van der Waals surface area contributed by atoms with Crippen LogP contribution in [0.4, 0.5) is 0 Å². The van der Waals surface area contributed by atoms with Gasteiger partial charge in [-0.15, -0.1) is 0 Å². The van der Waals surface area contributed by atoms with E-state index >= 15 is 0 Å². The summed E-state index contributed by atoms with van der Waals surface area (Å²) >= 11 is 0. The van der Waals surface area contributed by atoms with Crippen molar-refractivity contribution >= 4 is 5.78 Å². The molecule has 0 radical (unpaired) electrons. The van der Waals surface area contributed by atoms with Crippen molar-refractivity contribution in [3.63, 3.8) is 0 Å². The number of aromatic hydroxyl groups is 1. The standard InChI is InChI=1S/C17H22O2/c1-16(2)7-4-8-17(3)13-9-11(18)5-6-12(13)14(19)10-15(16)17/h5-6,9,15,18H,4,7-8,10H2,1-3H3/t15-,17+/m1/s1. The zero-order valence-corrected chi connectivity index (χ0v) is 12.0. The van der Waals surface area contributed by atoms with E-state index in [9.17, 15) is 9.90 Å². The first kappa shape index (κ1) is 12.7. The highest BCUT2D eigenvalue weighted by Crippen LogP contribution is 2.57. The summed E-state index contributed by atoms with van der Waals surface area (Å²) in [7, 11) is 0. The summed E-state index contributed by atoms with van der Waals surface area (Å²) in [5, 5.41) is 9.80. The van der Waals surface area contributed by atoms with Gasteiger partial charge in [-0.1, -0.05) is 27.2 Å². The Morgan fingerprint density at radius 1 is 1.21 bits per heavy atom. The Balaban J connectivity index is 2.20. The number of Topliss-reactive ketones (excluding diaryl/α,β-unsaturated/α-hetero) is 1. The summed E-state index contributed by atoms with van der Waals surface area (Å²) in [6.07, 6.45) is 4.16. The molecule has 3 rings (SSSR count). The van der Waals surface area contributed by atoms with Crippen LogP contribution in [0.3, 0.4) is 0 Å². The number of phenolic OH excluding ortho intramolecular Hbond substituents is 1. The Morgan fingerprint density at radius 2 is 1.95 bits per heavy atom. The Labute approximate surface area is 114 Å². The number of carbonyl (C=O) groups excluding carboxylic acids is 1. The normalized spacial score (nSPS) is 32.6. The summed E-state index contributed by atoms with van der Waals surface area (Å²) in [4.78, 5) is 12.4. The van der Waals surface area contributed by atoms with Gasteiger partial charge >= 0.3 is 0 Å². The van der Waals surface area contributed by atoms with Gasteiger partial charge < -0.3 is 5.11 Å². The van der Waals surface area contributed by atoms with Crippen LogP contribution in [0.5, 0.6) is 5.75 Å². The van der Waals surface area contributed by atoms with Crippen molar-refractivity contribution in [2.45, 2.75) is 51.9 Å². The van der Waals surface area contributed by atoms with Gasteiger partial charge in [0.15, 0.2) is 5.78 Å². The summed E-state index contributed by atoms with van der Waals surface area (Å²) in [5.41, 5.74) is 2.13. The minimum absolute atomic E-state index is 0.0315. The van der Waals surface area contributed by atoms with Gasteiger partial charge in [0.2, 0.25) is 0 Å². The molecule has 0 bridgehead atoms. The van der Waals surface area contributed by atoms with E-state index in [4.69, 9.17) is 0 Å². The van der Waals surface area contributed by atoms with Crippen LogP contribution in [0.25, 0.3) is 0 Å². The van der Waals surface area contributed by atoms with Crippen molar-refractivity contribution in [1.82, 2.24) is 0 Å². The molecule has 1 aromatic rings. The first-order valence-electron chi connectivity index (χ1n) is 7.21. The van der Waals surface area contributed by atoms with E-state index in [1.165, 1.54) is 12.8 Å². The number of hydrogen-bond acceptors (Lipinski definition) is 2. The van der Waals surface area contributed by atoms with E-state index in [2.05, 4.69) is 20.8 Å². The van der Waals surface area contributed by atoms with Crippen molar-refractivity contribution in [1.29, 1.82) is 0 Å². The molecule has 0 heterocycles. The van der Waals surface area contributed by atoms with Gasteiger partial charge in [-0.05, 0) is 53.4 Å². The summed E-state index contributed by atoms with van der Waals surface area (Å²) < 4.78 is 0. The molecule has 0 aromatic heterocycles. The molecule has 0 saturated heterocycles. The van der Waals surface area contributed by atoms with Crippen LogP contribution in [0.2, 0.25) is 0 Å². The summed E-state index contributed by atoms with van der Waals surface area (Å²) in [6, 6.07) is 5.26. The monoisotopic (exact) mass is 258 g/mol. The Bertz CT molecular complexity index is 544. The highest BCUT2D eigenvalue weighted by Gasteiger charge is 2.51. The zero-order chi connectivity index (χ0) is 13.8. The lowest BCUT2D eigenvalue weighted by molar-refractivity contribution is 0.0368. The minimum atomic E-state index is 0.0315. The molecule has 0 spiro atoms. The van der Waals surface area contributed by atoms with Gasteiger partial charge in [-0.2, -0.15) is 0 Å². The Kier molecular flexibility index (Phi) is 2.57. The fraction of sp³-hybridized carbons (Fsp3) is 0.588. The van der Waals surface area contributed by atoms with Gasteiger partial charge in [0.05, 0.1) is 0 Å². The van der Waals surface area contributed by atoms with Crippen molar-refractivity contribution in [2.24, 2.45) is 11.3 Å². The molecule has 2 atom stereocenters. The van der Waals surface area contributed by atoms with Gasteiger partial charge in [0.1, 0.15) is 5.75 Å². The van der Waals surface area contributed by atoms with E-state index in [0.717, 1.165) is 17.5 Å². The second-order valence-corrected chi connectivity index (χ2v) is 7.17. The molecule has 1 aromatic carbocycles. The number of fused-ring (bicyclic) bond motifs is 3. The van der Waals surface area contributed by atoms with E-state index in [0.29, 0.717) is 12.3 Å². The first-order chi connectivity index (χ1) is 8.84. The van der Waals surface area contributed by atoms with Crippen LogP contribution in [0.15, 0.2) is 18.2 Å². The van der Waals surface area contributed by atoms with Crippen LogP contribution < -0.4 is 0 Å². The van der Waals surface area contributed by atoms with Gasteiger partial charge in [-0.3, -0.25) is 4.79 Å². The van der Waals surface area contributed by atoms with Gasteiger partial charge in [-0.25, -0.2) is 0 Å². The number of ketones is 1. The van der Waals surface area contributed by atoms with Gasteiger partial charge in [0.25, 0.3) is 0 Å². The first-order valence-corrected chi connectivity index (χ1v) is 7.21. The number of benzene rings is 1. The number of hydrogen-bond donors (Lipinski definition) is 1. The van der Waals surface area contributed by atoms with Crippen LogP contribution in [0, 0.1) is 11.3 Å². The molecule has 2 aliphatic carbocycles. The lowest BCUT2D eigenvalue weighted by Crippen LogP contribution is -2.49. The number of carbonyl (C=O) groups is 1. The van der Waals surface area contributed by atoms with Crippen LogP contribution in [-0.4, -0.2) is 10.9 Å². The average molecular weight is 258 g/mol. The fourth-order valence-electron chi connectivity index (χ4n) is 4.49. The molecular weight excluding hydrogens is 236 g/mol. The minimum Gasteiger partial charge on any atom is -0.508 e. The van der Waals surface area contributed by atoms with Crippen LogP contribution in [-0.2, 0) is 5.41 Å². The second kappa shape index (κ2) is 3.84. The summed E-state index contributed by atoms with van der Waals surface area (Å²) in [5.74, 6) is 0.903. The summed E-state index contributed by atoms with van der Waals surface area (Å²) in [6.45, 7) is 6.86. The maximum absolute atomic E-state index is 12.4. The molecule has 19 heavy (non-hydrogen) atoms. The van der Waals surface area contributed by atoms with E-state index in [1.807, 2.05) is 6.07 Å². The molecule has 0 amide bonds. The predicted molar refractivity (Wildman–Crippen MR) is 75.5 cm³/mol.